The lowest BCUT2D eigenvalue weighted by molar-refractivity contribution is 0.329. The molecule has 0 saturated carbocycles. The van der Waals surface area contributed by atoms with Crippen molar-refractivity contribution in [3.63, 3.8) is 0 Å². The molecule has 3 heteroatoms. The number of hydrogen-bond donors (Lipinski definition) is 1. The summed E-state index contributed by atoms with van der Waals surface area (Å²) in [5.41, 5.74) is 0.0260. The number of rotatable bonds is 0. The topological polar surface area (TPSA) is 36.8 Å². The van der Waals surface area contributed by atoms with E-state index in [-0.39, 0.29) is 5.66 Å². The molecule has 0 radical (unpaired) electrons. The fourth-order valence-electron chi connectivity index (χ4n) is 1.38. The second kappa shape index (κ2) is 1.53. The van der Waals surface area contributed by atoms with Gasteiger partial charge in [-0.1, -0.05) is 0 Å². The molecule has 50 valence electrons. The van der Waals surface area contributed by atoms with Gasteiger partial charge in [-0.25, -0.2) is 0 Å². The van der Waals surface area contributed by atoms with Crippen LogP contribution in [0.1, 0.15) is 19.8 Å². The van der Waals surface area contributed by atoms with Crippen LogP contribution >= 0.6 is 0 Å². The summed E-state index contributed by atoms with van der Waals surface area (Å²) >= 11 is 0. The second-order valence-corrected chi connectivity index (χ2v) is 2.86. The van der Waals surface area contributed by atoms with Gasteiger partial charge in [-0.05, 0) is 26.3 Å². The van der Waals surface area contributed by atoms with E-state index >= 15 is 0 Å². The molecule has 1 atom stereocenters. The van der Waals surface area contributed by atoms with E-state index in [4.69, 9.17) is 0 Å². The van der Waals surface area contributed by atoms with Crippen molar-refractivity contribution >= 4 is 0 Å². The zero-order chi connectivity index (χ0) is 6.32. The van der Waals surface area contributed by atoms with E-state index in [1.807, 2.05) is 0 Å². The Bertz CT molecular complexity index is 146. The number of piperidine rings is 1. The summed E-state index contributed by atoms with van der Waals surface area (Å²) in [6.45, 7) is 3.28. The summed E-state index contributed by atoms with van der Waals surface area (Å²) in [5.74, 6) is 0. The average molecular weight is 125 g/mol. The first-order valence-electron chi connectivity index (χ1n) is 3.51. The normalized spacial score (nSPS) is 37.2. The van der Waals surface area contributed by atoms with Gasteiger partial charge < -0.3 is 5.32 Å². The molecule has 1 fully saturated rings. The molecule has 1 spiro atoms. The summed E-state index contributed by atoms with van der Waals surface area (Å²) in [7, 11) is 0. The third kappa shape index (κ3) is 0.678. The van der Waals surface area contributed by atoms with Gasteiger partial charge in [0.05, 0.1) is 6.04 Å². The van der Waals surface area contributed by atoms with Gasteiger partial charge >= 0.3 is 0 Å². The number of nitrogens with zero attached hydrogens (tertiary/aromatic N) is 2. The molecule has 2 rings (SSSR count). The Labute approximate surface area is 54.5 Å². The van der Waals surface area contributed by atoms with Gasteiger partial charge in [0.15, 0.2) is 0 Å². The number of nitrogens with one attached hydrogen (secondary N) is 1. The highest BCUT2D eigenvalue weighted by atomic mass is 15.5. The van der Waals surface area contributed by atoms with Crippen molar-refractivity contribution in [2.45, 2.75) is 31.5 Å². The predicted molar refractivity (Wildman–Crippen MR) is 34.3 cm³/mol. The van der Waals surface area contributed by atoms with E-state index in [2.05, 4.69) is 22.5 Å². The van der Waals surface area contributed by atoms with Crippen LogP contribution in [0.15, 0.2) is 10.2 Å². The molecule has 1 unspecified atom stereocenters. The van der Waals surface area contributed by atoms with E-state index in [1.54, 1.807) is 0 Å². The smallest absolute Gasteiger partial charge is 0.205 e. The first-order chi connectivity index (χ1) is 4.33. The Kier molecular flexibility index (Phi) is 0.913. The zero-order valence-electron chi connectivity index (χ0n) is 5.59. The van der Waals surface area contributed by atoms with Crippen LogP contribution in [-0.4, -0.2) is 18.2 Å². The summed E-state index contributed by atoms with van der Waals surface area (Å²) in [4.78, 5) is 0. The highest BCUT2D eigenvalue weighted by Gasteiger charge is 2.46. The lowest BCUT2D eigenvalue weighted by Crippen LogP contribution is -2.45. The molecule has 2 heterocycles. The van der Waals surface area contributed by atoms with Crippen molar-refractivity contribution in [3.8, 4) is 0 Å². The third-order valence-corrected chi connectivity index (χ3v) is 2.22. The van der Waals surface area contributed by atoms with Gasteiger partial charge in [-0.2, -0.15) is 10.2 Å². The maximum absolute atomic E-state index is 4.04. The van der Waals surface area contributed by atoms with E-state index in [0.717, 1.165) is 13.0 Å². The maximum atomic E-state index is 4.04. The molecule has 1 saturated heterocycles. The van der Waals surface area contributed by atoms with Crippen molar-refractivity contribution in [2.75, 3.05) is 6.54 Å². The Morgan fingerprint density at radius 2 is 2.33 bits per heavy atom. The molecule has 9 heavy (non-hydrogen) atoms. The molecule has 0 aromatic carbocycles. The van der Waals surface area contributed by atoms with Gasteiger partial charge in [-0.3, -0.25) is 0 Å². The molecule has 0 aliphatic carbocycles. The van der Waals surface area contributed by atoms with Crippen LogP contribution in [-0.2, 0) is 0 Å². The monoisotopic (exact) mass is 125 g/mol. The first-order valence-corrected chi connectivity index (χ1v) is 3.51. The van der Waals surface area contributed by atoms with Crippen LogP contribution < -0.4 is 5.32 Å². The van der Waals surface area contributed by atoms with E-state index in [1.165, 1.54) is 6.42 Å². The van der Waals surface area contributed by atoms with Crippen LogP contribution in [0.4, 0.5) is 0 Å². The van der Waals surface area contributed by atoms with Crippen LogP contribution in [0, 0.1) is 0 Å². The van der Waals surface area contributed by atoms with E-state index in [0.29, 0.717) is 6.04 Å². The molecular weight excluding hydrogens is 114 g/mol. The van der Waals surface area contributed by atoms with Crippen molar-refractivity contribution in [1.29, 1.82) is 0 Å². The average Bonchev–Trinajstić information content (AvgIpc) is 2.60. The SMILES string of the molecule is CC1NCCCC12N=N2. The minimum absolute atomic E-state index is 0.0260. The molecule has 2 aliphatic heterocycles. The molecule has 0 bridgehead atoms. The van der Waals surface area contributed by atoms with E-state index in [9.17, 15) is 0 Å². The van der Waals surface area contributed by atoms with Gasteiger partial charge in [0.2, 0.25) is 5.66 Å². The summed E-state index contributed by atoms with van der Waals surface area (Å²) in [6, 6.07) is 0.478. The summed E-state index contributed by atoms with van der Waals surface area (Å²) < 4.78 is 0. The molecule has 0 amide bonds. The molecule has 3 nitrogen and oxygen atoms in total. The zero-order valence-corrected chi connectivity index (χ0v) is 5.59. The lowest BCUT2D eigenvalue weighted by Gasteiger charge is -2.25. The van der Waals surface area contributed by atoms with Crippen LogP contribution in [0.5, 0.6) is 0 Å². The van der Waals surface area contributed by atoms with Crippen molar-refractivity contribution < 1.29 is 0 Å². The molecule has 2 aliphatic rings. The minimum atomic E-state index is 0.0260. The highest BCUT2D eigenvalue weighted by molar-refractivity contribution is 5.03. The maximum Gasteiger partial charge on any atom is 0.205 e. The molecule has 0 aromatic rings. The third-order valence-electron chi connectivity index (χ3n) is 2.22. The predicted octanol–water partition coefficient (Wildman–Crippen LogP) is 0.920. The van der Waals surface area contributed by atoms with Gasteiger partial charge in [0.25, 0.3) is 0 Å². The Balaban J connectivity index is 2.04. The fourth-order valence-corrected chi connectivity index (χ4v) is 1.38. The Morgan fingerprint density at radius 3 is 2.78 bits per heavy atom. The molecule has 0 aromatic heterocycles. The largest absolute Gasteiger partial charge is 0.310 e. The lowest BCUT2D eigenvalue weighted by atomic mass is 9.96. The van der Waals surface area contributed by atoms with Crippen molar-refractivity contribution in [1.82, 2.24) is 5.32 Å². The Morgan fingerprint density at radius 1 is 1.56 bits per heavy atom. The van der Waals surface area contributed by atoms with Crippen LogP contribution in [0.2, 0.25) is 0 Å². The summed E-state index contributed by atoms with van der Waals surface area (Å²) in [6.07, 6.45) is 2.37. The highest BCUT2D eigenvalue weighted by Crippen LogP contribution is 2.38. The summed E-state index contributed by atoms with van der Waals surface area (Å²) in [5, 5.41) is 11.4. The quantitative estimate of drug-likeness (QED) is 0.513. The van der Waals surface area contributed by atoms with Gasteiger partial charge in [0.1, 0.15) is 0 Å². The molecular formula is C6H11N3. The van der Waals surface area contributed by atoms with Gasteiger partial charge in [0, 0.05) is 0 Å². The van der Waals surface area contributed by atoms with Crippen LogP contribution in [0.25, 0.3) is 0 Å². The van der Waals surface area contributed by atoms with Gasteiger partial charge in [-0.15, -0.1) is 0 Å². The first kappa shape index (κ1) is 5.35. The van der Waals surface area contributed by atoms with Crippen molar-refractivity contribution in [2.24, 2.45) is 10.2 Å². The fraction of sp³-hybridized carbons (Fsp3) is 1.00. The van der Waals surface area contributed by atoms with Crippen LogP contribution in [0.3, 0.4) is 0 Å². The Hall–Kier alpha value is -0.440. The number of hydrogen-bond acceptors (Lipinski definition) is 3. The second-order valence-electron chi connectivity index (χ2n) is 2.86. The molecule has 1 N–H and O–H groups in total. The standard InChI is InChI=1S/C6H11N3/c1-5-6(8-9-6)3-2-4-7-5/h5,7H,2-4H2,1H3. The van der Waals surface area contributed by atoms with E-state index < -0.39 is 0 Å². The minimum Gasteiger partial charge on any atom is -0.310 e. The van der Waals surface area contributed by atoms with Crippen molar-refractivity contribution in [3.05, 3.63) is 0 Å².